The summed E-state index contributed by atoms with van der Waals surface area (Å²) >= 11 is 0. The standard InChI is InChI=1S/C13H17FN2O/c1-13(2)6-3-7-16(13)12(17)10-5-4-9(14)8-11(10)15/h4-5,8H,3,6-7,15H2,1-2H3. The van der Waals surface area contributed by atoms with Gasteiger partial charge in [0.1, 0.15) is 5.82 Å². The first kappa shape index (κ1) is 11.9. The lowest BCUT2D eigenvalue weighted by Gasteiger charge is -2.32. The van der Waals surface area contributed by atoms with E-state index in [4.69, 9.17) is 5.73 Å². The summed E-state index contributed by atoms with van der Waals surface area (Å²) in [6, 6.07) is 3.92. The van der Waals surface area contributed by atoms with Gasteiger partial charge in [-0.05, 0) is 44.9 Å². The minimum absolute atomic E-state index is 0.106. The normalized spacial score (nSPS) is 18.4. The van der Waals surface area contributed by atoms with Crippen LogP contribution in [0, 0.1) is 5.82 Å². The molecule has 0 spiro atoms. The molecule has 0 radical (unpaired) electrons. The highest BCUT2D eigenvalue weighted by Gasteiger charge is 2.36. The van der Waals surface area contributed by atoms with Crippen molar-refractivity contribution in [3.05, 3.63) is 29.6 Å². The van der Waals surface area contributed by atoms with Crippen LogP contribution in [0.3, 0.4) is 0 Å². The molecular formula is C13H17FN2O. The number of nitrogens with two attached hydrogens (primary N) is 1. The van der Waals surface area contributed by atoms with Crippen molar-refractivity contribution in [1.82, 2.24) is 4.90 Å². The van der Waals surface area contributed by atoms with Crippen molar-refractivity contribution in [2.24, 2.45) is 0 Å². The van der Waals surface area contributed by atoms with E-state index in [-0.39, 0.29) is 17.1 Å². The van der Waals surface area contributed by atoms with Crippen LogP contribution in [-0.2, 0) is 0 Å². The molecule has 0 saturated carbocycles. The second-order valence-corrected chi connectivity index (χ2v) is 5.10. The smallest absolute Gasteiger partial charge is 0.256 e. The van der Waals surface area contributed by atoms with Gasteiger partial charge in [-0.25, -0.2) is 4.39 Å². The molecule has 4 heteroatoms. The Morgan fingerprint density at radius 2 is 2.18 bits per heavy atom. The maximum absolute atomic E-state index is 12.9. The zero-order chi connectivity index (χ0) is 12.6. The molecule has 3 nitrogen and oxygen atoms in total. The third kappa shape index (κ3) is 2.12. The minimum Gasteiger partial charge on any atom is -0.398 e. The first-order valence-electron chi connectivity index (χ1n) is 5.79. The number of benzene rings is 1. The molecule has 17 heavy (non-hydrogen) atoms. The molecule has 1 heterocycles. The number of hydrogen-bond acceptors (Lipinski definition) is 2. The van der Waals surface area contributed by atoms with Crippen LogP contribution < -0.4 is 5.73 Å². The Bertz CT molecular complexity index is 457. The van der Waals surface area contributed by atoms with Crippen LogP contribution in [0.2, 0.25) is 0 Å². The van der Waals surface area contributed by atoms with E-state index in [1.807, 2.05) is 18.7 Å². The van der Waals surface area contributed by atoms with Gasteiger partial charge >= 0.3 is 0 Å². The Hall–Kier alpha value is -1.58. The van der Waals surface area contributed by atoms with Gasteiger partial charge in [0.25, 0.3) is 5.91 Å². The topological polar surface area (TPSA) is 46.3 Å². The molecule has 1 aliphatic rings. The number of likely N-dealkylation sites (tertiary alicyclic amines) is 1. The molecular weight excluding hydrogens is 219 g/mol. The summed E-state index contributed by atoms with van der Waals surface area (Å²) in [6.07, 6.45) is 1.99. The summed E-state index contributed by atoms with van der Waals surface area (Å²) in [6.45, 7) is 4.82. The summed E-state index contributed by atoms with van der Waals surface area (Å²) in [5, 5.41) is 0. The summed E-state index contributed by atoms with van der Waals surface area (Å²) in [5.74, 6) is -0.523. The molecule has 92 valence electrons. The van der Waals surface area contributed by atoms with E-state index >= 15 is 0 Å². The van der Waals surface area contributed by atoms with Crippen LogP contribution in [0.5, 0.6) is 0 Å². The highest BCUT2D eigenvalue weighted by atomic mass is 19.1. The van der Waals surface area contributed by atoms with Crippen molar-refractivity contribution >= 4 is 11.6 Å². The fraction of sp³-hybridized carbons (Fsp3) is 0.462. The quantitative estimate of drug-likeness (QED) is 0.761. The molecule has 1 fully saturated rings. The van der Waals surface area contributed by atoms with Gasteiger partial charge in [-0.3, -0.25) is 4.79 Å². The molecule has 1 aromatic carbocycles. The maximum Gasteiger partial charge on any atom is 0.256 e. The first-order valence-corrected chi connectivity index (χ1v) is 5.79. The molecule has 0 bridgehead atoms. The van der Waals surface area contributed by atoms with Gasteiger partial charge in [0.05, 0.1) is 5.56 Å². The van der Waals surface area contributed by atoms with Crippen LogP contribution in [-0.4, -0.2) is 22.9 Å². The number of amides is 1. The Kier molecular flexibility index (Phi) is 2.81. The number of rotatable bonds is 1. The Labute approximate surface area is 100 Å². The third-order valence-electron chi connectivity index (χ3n) is 3.39. The summed E-state index contributed by atoms with van der Waals surface area (Å²) in [7, 11) is 0. The van der Waals surface area contributed by atoms with E-state index in [0.29, 0.717) is 5.56 Å². The third-order valence-corrected chi connectivity index (χ3v) is 3.39. The van der Waals surface area contributed by atoms with E-state index in [0.717, 1.165) is 19.4 Å². The summed E-state index contributed by atoms with van der Waals surface area (Å²) in [4.78, 5) is 14.1. The molecule has 2 rings (SSSR count). The SMILES string of the molecule is CC1(C)CCCN1C(=O)c1ccc(F)cc1N. The van der Waals surface area contributed by atoms with Crippen molar-refractivity contribution < 1.29 is 9.18 Å². The number of carbonyl (C=O) groups excluding carboxylic acids is 1. The van der Waals surface area contributed by atoms with Gasteiger partial charge in [-0.1, -0.05) is 0 Å². The van der Waals surface area contributed by atoms with E-state index < -0.39 is 5.82 Å². The van der Waals surface area contributed by atoms with Crippen LogP contribution in [0.25, 0.3) is 0 Å². The molecule has 1 aliphatic heterocycles. The average Bonchev–Trinajstić information content (AvgIpc) is 2.57. The summed E-state index contributed by atoms with van der Waals surface area (Å²) in [5.41, 5.74) is 6.15. The Balaban J connectivity index is 2.31. The molecule has 0 atom stereocenters. The van der Waals surface area contributed by atoms with Crippen LogP contribution in [0.15, 0.2) is 18.2 Å². The number of hydrogen-bond donors (Lipinski definition) is 1. The van der Waals surface area contributed by atoms with Gasteiger partial charge in [-0.15, -0.1) is 0 Å². The highest BCUT2D eigenvalue weighted by molar-refractivity contribution is 5.99. The molecule has 0 aliphatic carbocycles. The number of carbonyl (C=O) groups is 1. The molecule has 1 aromatic rings. The number of anilines is 1. The van der Waals surface area contributed by atoms with Crippen molar-refractivity contribution in [2.45, 2.75) is 32.2 Å². The molecule has 0 aromatic heterocycles. The van der Waals surface area contributed by atoms with Crippen LogP contribution in [0.1, 0.15) is 37.0 Å². The lowest BCUT2D eigenvalue weighted by atomic mass is 10.0. The zero-order valence-electron chi connectivity index (χ0n) is 10.2. The van der Waals surface area contributed by atoms with Crippen LogP contribution >= 0.6 is 0 Å². The lowest BCUT2D eigenvalue weighted by molar-refractivity contribution is 0.0653. The average molecular weight is 236 g/mol. The minimum atomic E-state index is -0.417. The van der Waals surface area contributed by atoms with Crippen molar-refractivity contribution in [3.63, 3.8) is 0 Å². The number of nitrogen functional groups attached to an aromatic ring is 1. The van der Waals surface area contributed by atoms with E-state index in [1.165, 1.54) is 18.2 Å². The number of nitrogens with zero attached hydrogens (tertiary/aromatic N) is 1. The largest absolute Gasteiger partial charge is 0.398 e. The predicted molar refractivity (Wildman–Crippen MR) is 65.2 cm³/mol. The lowest BCUT2D eigenvalue weighted by Crippen LogP contribution is -2.42. The zero-order valence-corrected chi connectivity index (χ0v) is 10.2. The van der Waals surface area contributed by atoms with Crippen molar-refractivity contribution in [2.75, 3.05) is 12.3 Å². The summed E-state index contributed by atoms with van der Waals surface area (Å²) < 4.78 is 12.9. The van der Waals surface area contributed by atoms with Crippen LogP contribution in [0.4, 0.5) is 10.1 Å². The molecule has 2 N–H and O–H groups in total. The molecule has 0 unspecified atom stereocenters. The Morgan fingerprint density at radius 3 is 2.71 bits per heavy atom. The van der Waals surface area contributed by atoms with Gasteiger partial charge in [-0.2, -0.15) is 0 Å². The molecule has 1 saturated heterocycles. The molecule has 1 amide bonds. The maximum atomic E-state index is 12.9. The fourth-order valence-corrected chi connectivity index (χ4v) is 2.36. The monoisotopic (exact) mass is 236 g/mol. The van der Waals surface area contributed by atoms with E-state index in [2.05, 4.69) is 0 Å². The van der Waals surface area contributed by atoms with E-state index in [9.17, 15) is 9.18 Å². The Morgan fingerprint density at radius 1 is 1.47 bits per heavy atom. The second kappa shape index (κ2) is 4.02. The number of halogens is 1. The second-order valence-electron chi connectivity index (χ2n) is 5.10. The van der Waals surface area contributed by atoms with E-state index in [1.54, 1.807) is 0 Å². The van der Waals surface area contributed by atoms with Gasteiger partial charge in [0.2, 0.25) is 0 Å². The van der Waals surface area contributed by atoms with Gasteiger partial charge in [0, 0.05) is 17.8 Å². The predicted octanol–water partition coefficient (Wildman–Crippen LogP) is 2.42. The van der Waals surface area contributed by atoms with Crippen molar-refractivity contribution in [1.29, 1.82) is 0 Å². The van der Waals surface area contributed by atoms with Gasteiger partial charge in [0.15, 0.2) is 0 Å². The first-order chi connectivity index (χ1) is 7.92. The van der Waals surface area contributed by atoms with Gasteiger partial charge < -0.3 is 10.6 Å². The fourth-order valence-electron chi connectivity index (χ4n) is 2.36. The van der Waals surface area contributed by atoms with Crippen molar-refractivity contribution in [3.8, 4) is 0 Å². The highest BCUT2D eigenvalue weighted by Crippen LogP contribution is 2.30.